The first kappa shape index (κ1) is 23.0. The molecule has 176 valence electrons. The lowest BCUT2D eigenvalue weighted by molar-refractivity contribution is -0.140. The van der Waals surface area contributed by atoms with Crippen molar-refractivity contribution in [1.82, 2.24) is 24.9 Å². The quantitative estimate of drug-likeness (QED) is 0.396. The van der Waals surface area contributed by atoms with Gasteiger partial charge in [0.2, 0.25) is 0 Å². The minimum atomic E-state index is -3.54. The Morgan fingerprint density at radius 3 is 2.71 bits per heavy atom. The van der Waals surface area contributed by atoms with Crippen LogP contribution in [0.3, 0.4) is 0 Å². The molecule has 34 heavy (non-hydrogen) atoms. The Morgan fingerprint density at radius 1 is 1.24 bits per heavy atom. The molecule has 1 aromatic carbocycles. The number of hydrogen-bond donors (Lipinski definition) is 2. The Kier molecular flexibility index (Phi) is 6.30. The van der Waals surface area contributed by atoms with Gasteiger partial charge < -0.3 is 15.6 Å². The molecule has 4 rings (SSSR count). The van der Waals surface area contributed by atoms with Crippen LogP contribution in [0.5, 0.6) is 0 Å². The van der Waals surface area contributed by atoms with E-state index in [0.717, 1.165) is 6.20 Å². The Morgan fingerprint density at radius 2 is 2.03 bits per heavy atom. The second kappa shape index (κ2) is 9.33. The van der Waals surface area contributed by atoms with Gasteiger partial charge in [0.1, 0.15) is 29.2 Å². The van der Waals surface area contributed by atoms with Crippen LogP contribution in [0, 0.1) is 5.82 Å². The number of rotatable bonds is 8. The maximum atomic E-state index is 14.2. The number of nitrogens with zero attached hydrogens (tertiary/aromatic N) is 5. The number of amides is 1. The number of nitrogens with one attached hydrogen (secondary N) is 1. The fourth-order valence-corrected chi connectivity index (χ4v) is 3.24. The van der Waals surface area contributed by atoms with Crippen molar-refractivity contribution >= 4 is 17.4 Å². The third-order valence-electron chi connectivity index (χ3n) is 4.95. The summed E-state index contributed by atoms with van der Waals surface area (Å²) in [5.41, 5.74) is 7.36. The summed E-state index contributed by atoms with van der Waals surface area (Å²) >= 11 is 0. The summed E-state index contributed by atoms with van der Waals surface area (Å²) in [4.78, 5) is 20.1. The normalized spacial score (nSPS) is 11.5. The summed E-state index contributed by atoms with van der Waals surface area (Å²) in [5, 5.41) is 10.4. The zero-order chi connectivity index (χ0) is 24.3. The molecule has 0 atom stereocenters. The fourth-order valence-electron chi connectivity index (χ4n) is 3.24. The van der Waals surface area contributed by atoms with Crippen molar-refractivity contribution in [2.75, 3.05) is 11.1 Å². The van der Waals surface area contributed by atoms with E-state index in [9.17, 15) is 18.0 Å². The number of nitrogens with two attached hydrogens (primary N) is 1. The fraction of sp³-hybridized carbons (Fsp3) is 0.227. The predicted molar refractivity (Wildman–Crippen MR) is 117 cm³/mol. The van der Waals surface area contributed by atoms with E-state index in [1.807, 2.05) is 0 Å². The standard InChI is InChI=1S/C22H20F3N7O2/c1-2-8-22(24,25)21(33)28-17-11-27-20(29-19(17)26)16-10-18(15-7-9-34-31-15)32(30-16)12-13-5-3-4-6-14(13)23/h3-7,9-11H,2,8,12H2,1H3,(H,28,33)(H2,26,27,29). The van der Waals surface area contributed by atoms with Crippen LogP contribution in [0.4, 0.5) is 24.7 Å². The van der Waals surface area contributed by atoms with Crippen LogP contribution < -0.4 is 11.1 Å². The average Bonchev–Trinajstić information content (AvgIpc) is 3.46. The topological polar surface area (TPSA) is 125 Å². The zero-order valence-corrected chi connectivity index (χ0v) is 18.0. The summed E-state index contributed by atoms with van der Waals surface area (Å²) in [6, 6.07) is 9.49. The molecule has 0 spiro atoms. The molecule has 0 aliphatic heterocycles. The number of carbonyl (C=O) groups is 1. The van der Waals surface area contributed by atoms with Crippen molar-refractivity contribution in [3.8, 4) is 22.9 Å². The van der Waals surface area contributed by atoms with E-state index in [-0.39, 0.29) is 36.0 Å². The van der Waals surface area contributed by atoms with Crippen molar-refractivity contribution in [1.29, 1.82) is 0 Å². The summed E-state index contributed by atoms with van der Waals surface area (Å²) in [6.07, 6.45) is 2.05. The first-order valence-corrected chi connectivity index (χ1v) is 10.3. The van der Waals surface area contributed by atoms with Crippen molar-refractivity contribution < 1.29 is 22.5 Å². The van der Waals surface area contributed by atoms with E-state index in [0.29, 0.717) is 17.0 Å². The van der Waals surface area contributed by atoms with Crippen molar-refractivity contribution in [3.63, 3.8) is 0 Å². The molecule has 0 radical (unpaired) electrons. The number of benzene rings is 1. The molecule has 12 heteroatoms. The zero-order valence-electron chi connectivity index (χ0n) is 18.0. The van der Waals surface area contributed by atoms with Crippen molar-refractivity contribution in [2.45, 2.75) is 32.2 Å². The van der Waals surface area contributed by atoms with Gasteiger partial charge in [0.15, 0.2) is 11.6 Å². The van der Waals surface area contributed by atoms with E-state index in [2.05, 4.69) is 25.5 Å². The minimum Gasteiger partial charge on any atom is -0.382 e. The third kappa shape index (κ3) is 4.75. The van der Waals surface area contributed by atoms with Crippen molar-refractivity contribution in [3.05, 3.63) is 60.2 Å². The number of nitrogen functional groups attached to an aromatic ring is 1. The van der Waals surface area contributed by atoms with Crippen LogP contribution in [0.1, 0.15) is 25.3 Å². The highest BCUT2D eigenvalue weighted by Gasteiger charge is 2.37. The molecule has 9 nitrogen and oxygen atoms in total. The van der Waals surface area contributed by atoms with Gasteiger partial charge in [0.05, 0.1) is 18.4 Å². The molecular weight excluding hydrogens is 451 g/mol. The predicted octanol–water partition coefficient (Wildman–Crippen LogP) is 4.14. The molecule has 0 bridgehead atoms. The number of aromatic nitrogens is 5. The summed E-state index contributed by atoms with van der Waals surface area (Å²) < 4.78 is 48.3. The smallest absolute Gasteiger partial charge is 0.324 e. The highest BCUT2D eigenvalue weighted by atomic mass is 19.3. The molecule has 4 aromatic rings. The monoisotopic (exact) mass is 471 g/mol. The lowest BCUT2D eigenvalue weighted by atomic mass is 10.2. The molecule has 0 fully saturated rings. The molecule has 3 heterocycles. The van der Waals surface area contributed by atoms with Crippen molar-refractivity contribution in [2.24, 2.45) is 0 Å². The van der Waals surface area contributed by atoms with E-state index < -0.39 is 24.1 Å². The van der Waals surface area contributed by atoms with E-state index in [1.165, 1.54) is 17.0 Å². The van der Waals surface area contributed by atoms with Gasteiger partial charge >= 0.3 is 5.92 Å². The lowest BCUT2D eigenvalue weighted by Gasteiger charge is -2.15. The molecular formula is C22H20F3N7O2. The molecule has 3 N–H and O–H groups in total. The van der Waals surface area contributed by atoms with Gasteiger partial charge in [-0.1, -0.05) is 30.3 Å². The SMILES string of the molecule is CCCC(F)(F)C(=O)Nc1cnc(-c2cc(-c3ccon3)n(Cc3ccccc3F)n2)nc1N. The van der Waals surface area contributed by atoms with Crippen LogP contribution in [0.15, 0.2) is 53.4 Å². The number of hydrogen-bond acceptors (Lipinski definition) is 7. The van der Waals surface area contributed by atoms with Crippen LogP contribution in [0.25, 0.3) is 22.9 Å². The number of alkyl halides is 2. The van der Waals surface area contributed by atoms with Crippen LogP contribution >= 0.6 is 0 Å². The Bertz CT molecular complexity index is 1310. The Balaban J connectivity index is 1.65. The van der Waals surface area contributed by atoms with Gasteiger partial charge in [-0.15, -0.1) is 0 Å². The maximum Gasteiger partial charge on any atom is 0.324 e. The van der Waals surface area contributed by atoms with Crippen LogP contribution in [-0.4, -0.2) is 36.7 Å². The number of anilines is 2. The molecule has 0 aliphatic carbocycles. The first-order chi connectivity index (χ1) is 16.3. The van der Waals surface area contributed by atoms with Gasteiger partial charge in [-0.2, -0.15) is 13.9 Å². The summed E-state index contributed by atoms with van der Waals surface area (Å²) in [5.74, 6) is -5.56. The van der Waals surface area contributed by atoms with Gasteiger partial charge in [-0.25, -0.2) is 14.4 Å². The average molecular weight is 471 g/mol. The Labute approximate surface area is 191 Å². The van der Waals surface area contributed by atoms with Gasteiger partial charge in [-0.3, -0.25) is 9.48 Å². The molecule has 0 saturated carbocycles. The second-order valence-corrected chi connectivity index (χ2v) is 7.45. The maximum absolute atomic E-state index is 14.2. The Hall–Kier alpha value is -4.22. The van der Waals surface area contributed by atoms with Crippen LogP contribution in [-0.2, 0) is 11.3 Å². The number of halogens is 3. The summed E-state index contributed by atoms with van der Waals surface area (Å²) in [7, 11) is 0. The third-order valence-corrected chi connectivity index (χ3v) is 4.95. The van der Waals surface area contributed by atoms with E-state index in [1.54, 1.807) is 37.3 Å². The molecule has 0 saturated heterocycles. The van der Waals surface area contributed by atoms with Crippen LogP contribution in [0.2, 0.25) is 0 Å². The van der Waals surface area contributed by atoms with Gasteiger partial charge in [0, 0.05) is 18.1 Å². The largest absolute Gasteiger partial charge is 0.382 e. The van der Waals surface area contributed by atoms with Gasteiger partial charge in [-0.05, 0) is 18.6 Å². The molecule has 1 amide bonds. The van der Waals surface area contributed by atoms with E-state index in [4.69, 9.17) is 10.3 Å². The molecule has 0 aliphatic rings. The lowest BCUT2D eigenvalue weighted by Crippen LogP contribution is -2.34. The highest BCUT2D eigenvalue weighted by molar-refractivity contribution is 5.97. The minimum absolute atomic E-state index is 0.0767. The molecule has 3 aromatic heterocycles. The first-order valence-electron chi connectivity index (χ1n) is 10.3. The summed E-state index contributed by atoms with van der Waals surface area (Å²) in [6.45, 7) is 1.64. The van der Waals surface area contributed by atoms with E-state index >= 15 is 0 Å². The second-order valence-electron chi connectivity index (χ2n) is 7.45. The molecule has 0 unspecified atom stereocenters. The number of carbonyl (C=O) groups excluding carboxylic acids is 1. The van der Waals surface area contributed by atoms with Gasteiger partial charge in [0.25, 0.3) is 5.91 Å². The highest BCUT2D eigenvalue weighted by Crippen LogP contribution is 2.28.